The first kappa shape index (κ1) is 10.4. The molecule has 0 bridgehead atoms. The zero-order valence-electron chi connectivity index (χ0n) is 8.59. The molecule has 1 aromatic rings. The van der Waals surface area contributed by atoms with Crippen molar-refractivity contribution in [2.45, 2.75) is 18.3 Å². The number of halogens is 2. The van der Waals surface area contributed by atoms with E-state index in [2.05, 4.69) is 5.32 Å². The van der Waals surface area contributed by atoms with Crippen LogP contribution in [0.4, 0.5) is 0 Å². The van der Waals surface area contributed by atoms with Crippen molar-refractivity contribution in [3.8, 4) is 0 Å². The van der Waals surface area contributed by atoms with Crippen LogP contribution in [0.15, 0.2) is 18.2 Å². The largest absolute Gasteiger partial charge is 0.356 e. The molecule has 1 N–H and O–H groups in total. The highest BCUT2D eigenvalue weighted by Crippen LogP contribution is 2.58. The lowest BCUT2D eigenvalue weighted by Gasteiger charge is -2.22. The molecule has 2 unspecified atom stereocenters. The van der Waals surface area contributed by atoms with Gasteiger partial charge in [0.2, 0.25) is 5.91 Å². The Morgan fingerprint density at radius 1 is 1.31 bits per heavy atom. The molecule has 3 rings (SSSR count). The van der Waals surface area contributed by atoms with Crippen molar-refractivity contribution in [1.82, 2.24) is 5.32 Å². The zero-order chi connectivity index (χ0) is 11.3. The second kappa shape index (κ2) is 3.38. The zero-order valence-corrected chi connectivity index (χ0v) is 10.1. The molecule has 1 heterocycles. The minimum absolute atomic E-state index is 0.0383. The van der Waals surface area contributed by atoms with E-state index in [0.29, 0.717) is 22.4 Å². The van der Waals surface area contributed by atoms with Gasteiger partial charge in [-0.1, -0.05) is 29.3 Å². The van der Waals surface area contributed by atoms with E-state index >= 15 is 0 Å². The molecule has 0 spiro atoms. The number of amides is 1. The lowest BCUT2D eigenvalue weighted by Crippen LogP contribution is -2.36. The van der Waals surface area contributed by atoms with Gasteiger partial charge in [0.1, 0.15) is 0 Å². The van der Waals surface area contributed by atoms with E-state index in [1.165, 1.54) is 0 Å². The van der Waals surface area contributed by atoms with Gasteiger partial charge >= 0.3 is 0 Å². The molecule has 1 saturated carbocycles. The SMILES string of the molecule is O=C1CC2(c3ccc(Cl)c(Cl)c3)CC2CN1. The molecule has 2 aliphatic rings. The molecule has 1 aromatic carbocycles. The van der Waals surface area contributed by atoms with E-state index in [1.54, 1.807) is 0 Å². The van der Waals surface area contributed by atoms with E-state index in [9.17, 15) is 4.79 Å². The van der Waals surface area contributed by atoms with Crippen molar-refractivity contribution in [2.24, 2.45) is 5.92 Å². The van der Waals surface area contributed by atoms with Crippen LogP contribution in [0.2, 0.25) is 10.0 Å². The molecule has 4 heteroatoms. The Morgan fingerprint density at radius 2 is 2.12 bits per heavy atom. The van der Waals surface area contributed by atoms with Crippen LogP contribution in [0.5, 0.6) is 0 Å². The summed E-state index contributed by atoms with van der Waals surface area (Å²) >= 11 is 11.9. The smallest absolute Gasteiger partial charge is 0.220 e. The fourth-order valence-electron chi connectivity index (χ4n) is 2.71. The maximum atomic E-state index is 11.5. The van der Waals surface area contributed by atoms with Gasteiger partial charge < -0.3 is 5.32 Å². The number of nitrogens with one attached hydrogen (secondary N) is 1. The van der Waals surface area contributed by atoms with Gasteiger partial charge in [0.15, 0.2) is 0 Å². The highest BCUT2D eigenvalue weighted by molar-refractivity contribution is 6.42. The van der Waals surface area contributed by atoms with Crippen LogP contribution in [0.3, 0.4) is 0 Å². The Bertz CT molecular complexity index is 474. The topological polar surface area (TPSA) is 29.1 Å². The van der Waals surface area contributed by atoms with Crippen molar-refractivity contribution in [2.75, 3.05) is 6.54 Å². The number of hydrogen-bond acceptors (Lipinski definition) is 1. The normalized spacial score (nSPS) is 31.9. The standard InChI is InChI=1S/C12H11Cl2NO/c13-9-2-1-7(3-10(9)14)12-4-8(12)6-15-11(16)5-12/h1-3,8H,4-6H2,(H,15,16). The van der Waals surface area contributed by atoms with E-state index < -0.39 is 0 Å². The molecule has 2 nitrogen and oxygen atoms in total. The van der Waals surface area contributed by atoms with Crippen molar-refractivity contribution < 1.29 is 4.79 Å². The first-order chi connectivity index (χ1) is 7.62. The average molecular weight is 256 g/mol. The van der Waals surface area contributed by atoms with Crippen LogP contribution in [0.25, 0.3) is 0 Å². The van der Waals surface area contributed by atoms with Crippen LogP contribution in [0.1, 0.15) is 18.4 Å². The second-order valence-electron chi connectivity index (χ2n) is 4.67. The van der Waals surface area contributed by atoms with E-state index in [4.69, 9.17) is 23.2 Å². The quantitative estimate of drug-likeness (QED) is 0.822. The second-order valence-corrected chi connectivity index (χ2v) is 5.48. The number of benzene rings is 1. The van der Waals surface area contributed by atoms with Gasteiger partial charge in [0, 0.05) is 18.4 Å². The summed E-state index contributed by atoms with van der Waals surface area (Å²) in [4.78, 5) is 11.5. The molecule has 1 amide bonds. The predicted octanol–water partition coefficient (Wildman–Crippen LogP) is 2.77. The Labute approximate surface area is 104 Å². The van der Waals surface area contributed by atoms with Gasteiger partial charge in [0.05, 0.1) is 10.0 Å². The number of fused-ring (bicyclic) bond motifs is 1. The van der Waals surface area contributed by atoms with Crippen molar-refractivity contribution >= 4 is 29.1 Å². The van der Waals surface area contributed by atoms with Crippen LogP contribution in [0, 0.1) is 5.92 Å². The molecule has 2 atom stereocenters. The number of carbonyl (C=O) groups is 1. The van der Waals surface area contributed by atoms with Crippen LogP contribution in [-0.4, -0.2) is 12.5 Å². The Morgan fingerprint density at radius 3 is 2.88 bits per heavy atom. The maximum Gasteiger partial charge on any atom is 0.220 e. The summed E-state index contributed by atoms with van der Waals surface area (Å²) in [6, 6.07) is 5.71. The van der Waals surface area contributed by atoms with Gasteiger partial charge in [0.25, 0.3) is 0 Å². The molecule has 2 fully saturated rings. The lowest BCUT2D eigenvalue weighted by atomic mass is 9.87. The minimum Gasteiger partial charge on any atom is -0.356 e. The average Bonchev–Trinajstić information content (AvgIpc) is 2.96. The summed E-state index contributed by atoms with van der Waals surface area (Å²) in [6.45, 7) is 0.791. The molecule has 1 aliphatic carbocycles. The van der Waals surface area contributed by atoms with Crippen molar-refractivity contribution in [3.05, 3.63) is 33.8 Å². The number of hydrogen-bond donors (Lipinski definition) is 1. The molecule has 84 valence electrons. The number of rotatable bonds is 1. The van der Waals surface area contributed by atoms with Crippen LogP contribution < -0.4 is 5.32 Å². The number of carbonyl (C=O) groups excluding carboxylic acids is 1. The van der Waals surface area contributed by atoms with Gasteiger partial charge in [-0.05, 0) is 30.0 Å². The minimum atomic E-state index is 0.0383. The Hall–Kier alpha value is -0.730. The Balaban J connectivity index is 1.98. The van der Waals surface area contributed by atoms with E-state index in [0.717, 1.165) is 18.5 Å². The third-order valence-electron chi connectivity index (χ3n) is 3.75. The first-order valence-electron chi connectivity index (χ1n) is 5.34. The number of piperidine rings is 1. The highest BCUT2D eigenvalue weighted by Gasteiger charge is 2.58. The van der Waals surface area contributed by atoms with Crippen molar-refractivity contribution in [1.29, 1.82) is 0 Å². The Kier molecular flexibility index (Phi) is 2.20. The van der Waals surface area contributed by atoms with Crippen LogP contribution >= 0.6 is 23.2 Å². The summed E-state index contributed by atoms with van der Waals surface area (Å²) in [5.41, 5.74) is 1.19. The summed E-state index contributed by atoms with van der Waals surface area (Å²) in [6.07, 6.45) is 1.65. The lowest BCUT2D eigenvalue weighted by molar-refractivity contribution is -0.122. The van der Waals surface area contributed by atoms with Gasteiger partial charge in [-0.25, -0.2) is 0 Å². The monoisotopic (exact) mass is 255 g/mol. The van der Waals surface area contributed by atoms with E-state index in [-0.39, 0.29) is 11.3 Å². The third-order valence-corrected chi connectivity index (χ3v) is 4.49. The predicted molar refractivity (Wildman–Crippen MR) is 63.9 cm³/mol. The fourth-order valence-corrected chi connectivity index (χ4v) is 3.01. The van der Waals surface area contributed by atoms with E-state index in [1.807, 2.05) is 18.2 Å². The summed E-state index contributed by atoms with van der Waals surface area (Å²) < 4.78 is 0. The first-order valence-corrected chi connectivity index (χ1v) is 6.10. The molecule has 1 saturated heterocycles. The summed E-state index contributed by atoms with van der Waals surface area (Å²) in [7, 11) is 0. The summed E-state index contributed by atoms with van der Waals surface area (Å²) in [5, 5.41) is 4.04. The molecular formula is C12H11Cl2NO. The van der Waals surface area contributed by atoms with Gasteiger partial charge in [-0.15, -0.1) is 0 Å². The maximum absolute atomic E-state index is 11.5. The van der Waals surface area contributed by atoms with Crippen molar-refractivity contribution in [3.63, 3.8) is 0 Å². The fraction of sp³-hybridized carbons (Fsp3) is 0.417. The third kappa shape index (κ3) is 1.44. The van der Waals surface area contributed by atoms with Gasteiger partial charge in [-0.3, -0.25) is 4.79 Å². The van der Waals surface area contributed by atoms with Gasteiger partial charge in [-0.2, -0.15) is 0 Å². The molecule has 0 aromatic heterocycles. The highest BCUT2D eigenvalue weighted by atomic mass is 35.5. The molecule has 16 heavy (non-hydrogen) atoms. The summed E-state index contributed by atoms with van der Waals surface area (Å²) in [5.74, 6) is 0.710. The molecule has 1 aliphatic heterocycles. The molecular weight excluding hydrogens is 245 g/mol. The molecule has 0 radical (unpaired) electrons. The van der Waals surface area contributed by atoms with Crippen LogP contribution in [-0.2, 0) is 10.2 Å².